The van der Waals surface area contributed by atoms with E-state index in [4.69, 9.17) is 5.73 Å². The van der Waals surface area contributed by atoms with Gasteiger partial charge in [-0.1, -0.05) is 12.1 Å². The van der Waals surface area contributed by atoms with Crippen LogP contribution < -0.4 is 16.2 Å². The van der Waals surface area contributed by atoms with E-state index >= 15 is 0 Å². The summed E-state index contributed by atoms with van der Waals surface area (Å²) < 4.78 is 0. The summed E-state index contributed by atoms with van der Waals surface area (Å²) in [7, 11) is 0. The third kappa shape index (κ3) is 2.48. The van der Waals surface area contributed by atoms with Crippen molar-refractivity contribution in [2.75, 3.05) is 11.9 Å². The molecule has 0 spiro atoms. The fraction of sp³-hybridized carbons (Fsp3) is 0.111. The number of amides is 1. The minimum Gasteiger partial charge on any atom is -0.548 e. The van der Waals surface area contributed by atoms with Gasteiger partial charge in [-0.15, -0.1) is 0 Å². The van der Waals surface area contributed by atoms with E-state index in [1.807, 2.05) is 0 Å². The van der Waals surface area contributed by atoms with E-state index in [1.165, 1.54) is 6.07 Å². The lowest BCUT2D eigenvalue weighted by Crippen LogP contribution is -2.30. The molecule has 0 heterocycles. The molecule has 0 fully saturated rings. The molecule has 0 radical (unpaired) electrons. The Morgan fingerprint density at radius 1 is 1.36 bits per heavy atom. The highest BCUT2D eigenvalue weighted by molar-refractivity contribution is 5.98. The Morgan fingerprint density at radius 2 is 2.00 bits per heavy atom. The number of benzene rings is 1. The van der Waals surface area contributed by atoms with E-state index in [1.54, 1.807) is 18.2 Å². The molecule has 0 unspecified atom stereocenters. The van der Waals surface area contributed by atoms with Crippen LogP contribution in [0.3, 0.4) is 0 Å². The predicted molar refractivity (Wildman–Crippen MR) is 48.5 cm³/mol. The Kier molecular flexibility index (Phi) is 3.06. The van der Waals surface area contributed by atoms with Crippen LogP contribution in [0.5, 0.6) is 0 Å². The first kappa shape index (κ1) is 10.0. The number of primary amides is 1. The van der Waals surface area contributed by atoms with Gasteiger partial charge in [0.25, 0.3) is 5.91 Å². The summed E-state index contributed by atoms with van der Waals surface area (Å²) in [5, 5.41) is 12.7. The molecule has 1 rings (SSSR count). The predicted octanol–water partition coefficient (Wildman–Crippen LogP) is -1.05. The second kappa shape index (κ2) is 4.27. The lowest BCUT2D eigenvalue weighted by molar-refractivity contribution is -0.302. The maximum atomic E-state index is 10.9. The summed E-state index contributed by atoms with van der Waals surface area (Å²) in [6.07, 6.45) is 0. The highest BCUT2D eigenvalue weighted by Crippen LogP contribution is 2.13. The second-order valence-corrected chi connectivity index (χ2v) is 2.64. The van der Waals surface area contributed by atoms with Gasteiger partial charge in [0.1, 0.15) is 0 Å². The number of carbonyl (C=O) groups excluding carboxylic acids is 2. The number of aliphatic carboxylic acids is 1. The van der Waals surface area contributed by atoms with Gasteiger partial charge >= 0.3 is 0 Å². The topological polar surface area (TPSA) is 95.2 Å². The molecule has 0 bridgehead atoms. The van der Waals surface area contributed by atoms with Crippen LogP contribution in [0.1, 0.15) is 10.4 Å². The van der Waals surface area contributed by atoms with Crippen molar-refractivity contribution in [3.8, 4) is 0 Å². The number of para-hydroxylation sites is 1. The zero-order chi connectivity index (χ0) is 10.6. The quantitative estimate of drug-likeness (QED) is 0.637. The summed E-state index contributed by atoms with van der Waals surface area (Å²) in [4.78, 5) is 21.0. The van der Waals surface area contributed by atoms with Crippen LogP contribution in [0.25, 0.3) is 0 Å². The second-order valence-electron chi connectivity index (χ2n) is 2.64. The third-order valence-electron chi connectivity index (χ3n) is 1.62. The Bertz CT molecular complexity index is 363. The van der Waals surface area contributed by atoms with Gasteiger partial charge in [-0.3, -0.25) is 4.79 Å². The van der Waals surface area contributed by atoms with E-state index < -0.39 is 11.9 Å². The van der Waals surface area contributed by atoms with Crippen molar-refractivity contribution >= 4 is 17.6 Å². The first-order valence-corrected chi connectivity index (χ1v) is 3.94. The fourth-order valence-electron chi connectivity index (χ4n) is 1.02. The highest BCUT2D eigenvalue weighted by Gasteiger charge is 2.05. The SMILES string of the molecule is NC(=O)c1ccccc1NCC(=O)[O-]. The summed E-state index contributed by atoms with van der Waals surface area (Å²) in [5.41, 5.74) is 5.73. The van der Waals surface area contributed by atoms with E-state index in [0.717, 1.165) is 0 Å². The average molecular weight is 193 g/mol. The van der Waals surface area contributed by atoms with Crippen molar-refractivity contribution in [1.29, 1.82) is 0 Å². The first-order chi connectivity index (χ1) is 6.61. The zero-order valence-electron chi connectivity index (χ0n) is 7.32. The van der Waals surface area contributed by atoms with Gasteiger partial charge < -0.3 is 21.0 Å². The number of nitrogens with one attached hydrogen (secondary N) is 1. The summed E-state index contributed by atoms with van der Waals surface area (Å²) in [5.74, 6) is -1.85. The molecule has 0 atom stereocenters. The molecular weight excluding hydrogens is 184 g/mol. The van der Waals surface area contributed by atoms with Crippen LogP contribution in [0.15, 0.2) is 24.3 Å². The van der Waals surface area contributed by atoms with Crippen molar-refractivity contribution in [2.45, 2.75) is 0 Å². The minimum atomic E-state index is -1.25. The number of nitrogens with two attached hydrogens (primary N) is 1. The monoisotopic (exact) mass is 193 g/mol. The van der Waals surface area contributed by atoms with Crippen molar-refractivity contribution in [3.05, 3.63) is 29.8 Å². The smallest absolute Gasteiger partial charge is 0.250 e. The number of rotatable bonds is 4. The summed E-state index contributed by atoms with van der Waals surface area (Å²) in [6.45, 7) is -0.357. The molecular formula is C9H9N2O3-. The van der Waals surface area contributed by atoms with E-state index in [-0.39, 0.29) is 12.1 Å². The molecule has 0 saturated heterocycles. The Balaban J connectivity index is 2.84. The van der Waals surface area contributed by atoms with Crippen molar-refractivity contribution < 1.29 is 14.7 Å². The molecule has 0 aliphatic rings. The number of hydrogen-bond donors (Lipinski definition) is 2. The Morgan fingerprint density at radius 3 is 2.57 bits per heavy atom. The van der Waals surface area contributed by atoms with Gasteiger partial charge in [0.05, 0.1) is 18.1 Å². The lowest BCUT2D eigenvalue weighted by Gasteiger charge is -2.09. The lowest BCUT2D eigenvalue weighted by atomic mass is 10.1. The van der Waals surface area contributed by atoms with E-state index in [0.29, 0.717) is 5.69 Å². The number of anilines is 1. The van der Waals surface area contributed by atoms with E-state index in [9.17, 15) is 14.7 Å². The van der Waals surface area contributed by atoms with Crippen molar-refractivity contribution in [3.63, 3.8) is 0 Å². The summed E-state index contributed by atoms with van der Waals surface area (Å²) >= 11 is 0. The number of hydrogen-bond acceptors (Lipinski definition) is 4. The highest BCUT2D eigenvalue weighted by atomic mass is 16.4. The molecule has 5 heteroatoms. The standard InChI is InChI=1S/C9H10N2O3/c10-9(14)6-3-1-2-4-7(6)11-5-8(12)13/h1-4,11H,5H2,(H2,10,14)(H,12,13)/p-1. The maximum absolute atomic E-state index is 10.9. The maximum Gasteiger partial charge on any atom is 0.250 e. The molecule has 14 heavy (non-hydrogen) atoms. The minimum absolute atomic E-state index is 0.258. The molecule has 0 aromatic heterocycles. The molecule has 0 aliphatic carbocycles. The largest absolute Gasteiger partial charge is 0.548 e. The number of carboxylic acid groups (broad SMARTS) is 1. The molecule has 1 aromatic rings. The zero-order valence-corrected chi connectivity index (χ0v) is 7.32. The molecule has 0 saturated carbocycles. The van der Waals surface area contributed by atoms with Gasteiger partial charge in [-0.05, 0) is 12.1 Å². The number of carboxylic acids is 1. The fourth-order valence-corrected chi connectivity index (χ4v) is 1.02. The Labute approximate surface area is 80.5 Å². The summed E-state index contributed by atoms with van der Waals surface area (Å²) in [6, 6.07) is 6.40. The van der Waals surface area contributed by atoms with Crippen LogP contribution >= 0.6 is 0 Å². The van der Waals surface area contributed by atoms with Crippen LogP contribution in [-0.2, 0) is 4.79 Å². The van der Waals surface area contributed by atoms with Crippen LogP contribution in [0.4, 0.5) is 5.69 Å². The Hall–Kier alpha value is -2.04. The normalized spacial score (nSPS) is 9.43. The number of carbonyl (C=O) groups is 2. The molecule has 74 valence electrons. The van der Waals surface area contributed by atoms with Crippen LogP contribution in [0.2, 0.25) is 0 Å². The van der Waals surface area contributed by atoms with Crippen molar-refractivity contribution in [1.82, 2.24) is 0 Å². The molecule has 1 aromatic carbocycles. The molecule has 3 N–H and O–H groups in total. The van der Waals surface area contributed by atoms with Gasteiger partial charge in [-0.25, -0.2) is 0 Å². The average Bonchev–Trinajstić information content (AvgIpc) is 2.15. The van der Waals surface area contributed by atoms with Crippen molar-refractivity contribution in [2.24, 2.45) is 5.73 Å². The van der Waals surface area contributed by atoms with Gasteiger partial charge in [0.15, 0.2) is 0 Å². The van der Waals surface area contributed by atoms with Crippen LogP contribution in [-0.4, -0.2) is 18.4 Å². The first-order valence-electron chi connectivity index (χ1n) is 3.94. The third-order valence-corrected chi connectivity index (χ3v) is 1.62. The van der Waals surface area contributed by atoms with Gasteiger partial charge in [-0.2, -0.15) is 0 Å². The van der Waals surface area contributed by atoms with Gasteiger partial charge in [0.2, 0.25) is 0 Å². The van der Waals surface area contributed by atoms with E-state index in [2.05, 4.69) is 5.32 Å². The van der Waals surface area contributed by atoms with Gasteiger partial charge in [0, 0.05) is 5.69 Å². The molecule has 0 aliphatic heterocycles. The van der Waals surface area contributed by atoms with Crippen LogP contribution in [0, 0.1) is 0 Å². The molecule has 5 nitrogen and oxygen atoms in total. The molecule has 1 amide bonds.